The molecule has 4 heteroatoms. The highest BCUT2D eigenvalue weighted by Gasteiger charge is 2.46. The maximum Gasteiger partial charge on any atom is 0.236 e. The van der Waals surface area contributed by atoms with E-state index in [9.17, 15) is 4.79 Å². The van der Waals surface area contributed by atoms with Crippen molar-refractivity contribution in [1.29, 1.82) is 0 Å². The number of methoxy groups -OCH3 is 1. The van der Waals surface area contributed by atoms with E-state index in [1.54, 1.807) is 7.11 Å². The standard InChI is InChI=1S/C12H24N2O2/c1-9(14-10-8-12(10,2)3)11(15)13-6-5-7-16-4/h9-10,14H,5-8H2,1-4H3,(H,13,15). The molecule has 2 N–H and O–H groups in total. The van der Waals surface area contributed by atoms with Gasteiger partial charge < -0.3 is 15.4 Å². The molecule has 0 aromatic carbocycles. The molecule has 0 aliphatic heterocycles. The zero-order valence-electron chi connectivity index (χ0n) is 10.8. The molecule has 1 saturated carbocycles. The van der Waals surface area contributed by atoms with Crippen LogP contribution in [0.2, 0.25) is 0 Å². The van der Waals surface area contributed by atoms with Crippen molar-refractivity contribution in [2.45, 2.75) is 45.7 Å². The van der Waals surface area contributed by atoms with Crippen LogP contribution >= 0.6 is 0 Å². The van der Waals surface area contributed by atoms with Crippen LogP contribution in [0.3, 0.4) is 0 Å². The second kappa shape index (κ2) is 5.64. The van der Waals surface area contributed by atoms with Crippen LogP contribution in [0.1, 0.15) is 33.6 Å². The first-order chi connectivity index (χ1) is 7.47. The molecule has 0 bridgehead atoms. The molecule has 0 aromatic heterocycles. The quantitative estimate of drug-likeness (QED) is 0.637. The molecule has 16 heavy (non-hydrogen) atoms. The predicted molar refractivity (Wildman–Crippen MR) is 64.3 cm³/mol. The molecule has 1 amide bonds. The second-order valence-corrected chi connectivity index (χ2v) is 5.27. The first-order valence-corrected chi connectivity index (χ1v) is 6.00. The van der Waals surface area contributed by atoms with E-state index in [-0.39, 0.29) is 11.9 Å². The highest BCUT2D eigenvalue weighted by molar-refractivity contribution is 5.81. The molecule has 1 aliphatic rings. The summed E-state index contributed by atoms with van der Waals surface area (Å²) in [4.78, 5) is 11.7. The van der Waals surface area contributed by atoms with E-state index in [4.69, 9.17) is 4.74 Å². The number of hydrogen-bond donors (Lipinski definition) is 2. The molecule has 1 fully saturated rings. The van der Waals surface area contributed by atoms with Crippen molar-refractivity contribution >= 4 is 5.91 Å². The number of rotatable bonds is 7. The van der Waals surface area contributed by atoms with Gasteiger partial charge in [0.25, 0.3) is 0 Å². The highest BCUT2D eigenvalue weighted by Crippen LogP contribution is 2.44. The van der Waals surface area contributed by atoms with Crippen molar-refractivity contribution in [3.63, 3.8) is 0 Å². The maximum atomic E-state index is 11.7. The van der Waals surface area contributed by atoms with Crippen LogP contribution in [0.5, 0.6) is 0 Å². The van der Waals surface area contributed by atoms with Crippen LogP contribution in [0, 0.1) is 5.41 Å². The normalized spacial score (nSPS) is 23.9. The average molecular weight is 228 g/mol. The summed E-state index contributed by atoms with van der Waals surface area (Å²) in [5.41, 5.74) is 0.366. The lowest BCUT2D eigenvalue weighted by Gasteiger charge is -2.15. The monoisotopic (exact) mass is 228 g/mol. The van der Waals surface area contributed by atoms with E-state index in [1.807, 2.05) is 6.92 Å². The highest BCUT2D eigenvalue weighted by atomic mass is 16.5. The van der Waals surface area contributed by atoms with Gasteiger partial charge >= 0.3 is 0 Å². The van der Waals surface area contributed by atoms with Crippen LogP contribution < -0.4 is 10.6 Å². The number of hydrogen-bond acceptors (Lipinski definition) is 3. The fourth-order valence-corrected chi connectivity index (χ4v) is 1.71. The molecule has 94 valence electrons. The Bertz CT molecular complexity index is 241. The van der Waals surface area contributed by atoms with E-state index in [0.717, 1.165) is 12.8 Å². The minimum atomic E-state index is -0.102. The zero-order chi connectivity index (χ0) is 12.2. The lowest BCUT2D eigenvalue weighted by molar-refractivity contribution is -0.122. The topological polar surface area (TPSA) is 50.4 Å². The fourth-order valence-electron chi connectivity index (χ4n) is 1.71. The molecular weight excluding hydrogens is 204 g/mol. The third kappa shape index (κ3) is 4.10. The van der Waals surface area contributed by atoms with Crippen molar-refractivity contribution in [2.75, 3.05) is 20.3 Å². The first-order valence-electron chi connectivity index (χ1n) is 6.00. The van der Waals surface area contributed by atoms with E-state index in [1.165, 1.54) is 0 Å². The van der Waals surface area contributed by atoms with Gasteiger partial charge in [0.15, 0.2) is 0 Å². The molecule has 0 aromatic rings. The minimum absolute atomic E-state index is 0.0822. The molecule has 4 nitrogen and oxygen atoms in total. The van der Waals surface area contributed by atoms with Crippen molar-refractivity contribution in [2.24, 2.45) is 5.41 Å². The number of carbonyl (C=O) groups excluding carboxylic acids is 1. The fraction of sp³-hybridized carbons (Fsp3) is 0.917. The molecule has 1 aliphatic carbocycles. The van der Waals surface area contributed by atoms with Crippen LogP contribution in [-0.4, -0.2) is 38.3 Å². The SMILES string of the molecule is COCCCNC(=O)C(C)NC1CC1(C)C. The number of amides is 1. The summed E-state index contributed by atoms with van der Waals surface area (Å²) in [6.45, 7) is 7.73. The predicted octanol–water partition coefficient (Wildman–Crippen LogP) is 0.916. The summed E-state index contributed by atoms with van der Waals surface area (Å²) in [5.74, 6) is 0.0822. The minimum Gasteiger partial charge on any atom is -0.385 e. The lowest BCUT2D eigenvalue weighted by atomic mass is 10.2. The van der Waals surface area contributed by atoms with Gasteiger partial charge in [0.1, 0.15) is 0 Å². The first kappa shape index (κ1) is 13.5. The Morgan fingerprint density at radius 1 is 1.56 bits per heavy atom. The number of nitrogens with one attached hydrogen (secondary N) is 2. The largest absolute Gasteiger partial charge is 0.385 e. The summed E-state index contributed by atoms with van der Waals surface area (Å²) in [6.07, 6.45) is 2.03. The third-order valence-electron chi connectivity index (χ3n) is 3.18. The van der Waals surface area contributed by atoms with Gasteiger partial charge in [-0.3, -0.25) is 4.79 Å². The summed E-state index contributed by atoms with van der Waals surface area (Å²) in [7, 11) is 1.67. The Morgan fingerprint density at radius 3 is 2.69 bits per heavy atom. The Kier molecular flexibility index (Phi) is 4.74. The van der Waals surface area contributed by atoms with Gasteiger partial charge in [0.2, 0.25) is 5.91 Å². The Balaban J connectivity index is 2.11. The molecule has 0 radical (unpaired) electrons. The van der Waals surface area contributed by atoms with Gasteiger partial charge in [-0.25, -0.2) is 0 Å². The van der Waals surface area contributed by atoms with Gasteiger partial charge in [-0.2, -0.15) is 0 Å². The van der Waals surface area contributed by atoms with E-state index in [0.29, 0.717) is 24.6 Å². The summed E-state index contributed by atoms with van der Waals surface area (Å²) in [6, 6.07) is 0.390. The van der Waals surface area contributed by atoms with Crippen LogP contribution in [-0.2, 0) is 9.53 Å². The number of carbonyl (C=O) groups is 1. The molecule has 1 rings (SSSR count). The van der Waals surface area contributed by atoms with Gasteiger partial charge in [-0.05, 0) is 25.2 Å². The molecule has 0 heterocycles. The van der Waals surface area contributed by atoms with E-state index >= 15 is 0 Å². The van der Waals surface area contributed by atoms with Crippen LogP contribution in [0.25, 0.3) is 0 Å². The van der Waals surface area contributed by atoms with Gasteiger partial charge in [0.05, 0.1) is 6.04 Å². The molecule has 0 saturated heterocycles. The molecule has 2 atom stereocenters. The van der Waals surface area contributed by atoms with E-state index < -0.39 is 0 Å². The van der Waals surface area contributed by atoms with Crippen molar-refractivity contribution in [3.05, 3.63) is 0 Å². The van der Waals surface area contributed by atoms with Gasteiger partial charge in [-0.1, -0.05) is 13.8 Å². The summed E-state index contributed by atoms with van der Waals surface area (Å²) >= 11 is 0. The average Bonchev–Trinajstić information content (AvgIpc) is 2.80. The summed E-state index contributed by atoms with van der Waals surface area (Å²) < 4.78 is 4.92. The van der Waals surface area contributed by atoms with Crippen molar-refractivity contribution in [3.8, 4) is 0 Å². The van der Waals surface area contributed by atoms with Crippen LogP contribution in [0.4, 0.5) is 0 Å². The zero-order valence-corrected chi connectivity index (χ0v) is 10.8. The van der Waals surface area contributed by atoms with Crippen molar-refractivity contribution in [1.82, 2.24) is 10.6 Å². The third-order valence-corrected chi connectivity index (χ3v) is 3.18. The smallest absolute Gasteiger partial charge is 0.236 e. The second-order valence-electron chi connectivity index (χ2n) is 5.27. The van der Waals surface area contributed by atoms with Gasteiger partial charge in [-0.15, -0.1) is 0 Å². The van der Waals surface area contributed by atoms with Crippen LogP contribution in [0.15, 0.2) is 0 Å². The number of ether oxygens (including phenoxy) is 1. The van der Waals surface area contributed by atoms with Gasteiger partial charge in [0, 0.05) is 26.3 Å². The summed E-state index contributed by atoms with van der Waals surface area (Å²) in [5, 5.41) is 6.24. The molecular formula is C12H24N2O2. The van der Waals surface area contributed by atoms with E-state index in [2.05, 4.69) is 24.5 Å². The Labute approximate surface area is 98.1 Å². The molecule has 2 unspecified atom stereocenters. The van der Waals surface area contributed by atoms with Crippen molar-refractivity contribution < 1.29 is 9.53 Å². The Hall–Kier alpha value is -0.610. The maximum absolute atomic E-state index is 11.7. The lowest BCUT2D eigenvalue weighted by Crippen LogP contribution is -2.44. The Morgan fingerprint density at radius 2 is 2.19 bits per heavy atom. The molecule has 0 spiro atoms.